The van der Waals surface area contributed by atoms with Crippen molar-refractivity contribution in [3.05, 3.63) is 69.7 Å². The average Bonchev–Trinajstić information content (AvgIpc) is 2.34. The predicted octanol–water partition coefficient (Wildman–Crippen LogP) is 4.50. The van der Waals surface area contributed by atoms with Crippen LogP contribution in [-0.2, 0) is 12.8 Å². The highest BCUT2D eigenvalue weighted by Crippen LogP contribution is 2.25. The van der Waals surface area contributed by atoms with Crippen LogP contribution in [-0.4, -0.2) is 5.54 Å². The molecule has 0 spiro atoms. The zero-order valence-electron chi connectivity index (χ0n) is 10.9. The highest BCUT2D eigenvalue weighted by atomic mass is 35.5. The van der Waals surface area contributed by atoms with Crippen LogP contribution in [0.2, 0.25) is 10.0 Å². The van der Waals surface area contributed by atoms with Crippen molar-refractivity contribution in [2.45, 2.75) is 25.3 Å². The third kappa shape index (κ3) is 4.24. The lowest BCUT2D eigenvalue weighted by molar-refractivity contribution is 0.463. The van der Waals surface area contributed by atoms with Gasteiger partial charge in [0.25, 0.3) is 0 Å². The van der Waals surface area contributed by atoms with Gasteiger partial charge in [-0.1, -0.05) is 53.5 Å². The molecular weight excluding hydrogens is 277 g/mol. The molecular formula is C16H17Cl2N. The molecule has 2 rings (SSSR count). The molecule has 2 aromatic rings. The smallest absolute Gasteiger partial charge is 0.0439 e. The number of halogens is 2. The summed E-state index contributed by atoms with van der Waals surface area (Å²) in [5.41, 5.74) is 8.27. The fourth-order valence-corrected chi connectivity index (χ4v) is 2.62. The molecule has 1 nitrogen and oxygen atoms in total. The first-order valence-corrected chi connectivity index (χ1v) is 6.99. The van der Waals surface area contributed by atoms with Gasteiger partial charge in [-0.15, -0.1) is 0 Å². The Morgan fingerprint density at radius 1 is 1.00 bits per heavy atom. The van der Waals surface area contributed by atoms with E-state index in [0.29, 0.717) is 16.5 Å². The van der Waals surface area contributed by atoms with E-state index in [1.165, 1.54) is 5.56 Å². The third-order valence-electron chi connectivity index (χ3n) is 3.05. The lowest BCUT2D eigenvalue weighted by Crippen LogP contribution is -2.41. The number of benzene rings is 2. The Bertz CT molecular complexity index is 550. The Labute approximate surface area is 124 Å². The molecule has 19 heavy (non-hydrogen) atoms. The van der Waals surface area contributed by atoms with Crippen molar-refractivity contribution in [3.63, 3.8) is 0 Å². The summed E-state index contributed by atoms with van der Waals surface area (Å²) in [4.78, 5) is 0. The van der Waals surface area contributed by atoms with Gasteiger partial charge in [0.05, 0.1) is 0 Å². The molecule has 0 aliphatic carbocycles. The molecule has 0 aliphatic rings. The van der Waals surface area contributed by atoms with Gasteiger partial charge in [-0.05, 0) is 49.1 Å². The largest absolute Gasteiger partial charge is 0.325 e. The quantitative estimate of drug-likeness (QED) is 0.883. The van der Waals surface area contributed by atoms with Crippen LogP contribution < -0.4 is 5.73 Å². The van der Waals surface area contributed by atoms with Gasteiger partial charge in [0.2, 0.25) is 0 Å². The molecule has 0 heterocycles. The van der Waals surface area contributed by atoms with Crippen LogP contribution in [0.25, 0.3) is 0 Å². The van der Waals surface area contributed by atoms with Crippen molar-refractivity contribution >= 4 is 23.2 Å². The van der Waals surface area contributed by atoms with Gasteiger partial charge in [-0.25, -0.2) is 0 Å². The molecule has 0 saturated carbocycles. The Kier molecular flexibility index (Phi) is 4.51. The Morgan fingerprint density at radius 3 is 2.37 bits per heavy atom. The van der Waals surface area contributed by atoms with Crippen LogP contribution >= 0.6 is 23.2 Å². The van der Waals surface area contributed by atoms with E-state index in [1.54, 1.807) is 6.07 Å². The Balaban J connectivity index is 2.14. The SMILES string of the molecule is CC(N)(Cc1ccccc1)Cc1cc(Cl)ccc1Cl. The molecule has 0 saturated heterocycles. The molecule has 0 amide bonds. The van der Waals surface area contributed by atoms with Crippen molar-refractivity contribution in [2.24, 2.45) is 5.73 Å². The lowest BCUT2D eigenvalue weighted by atomic mass is 9.87. The summed E-state index contributed by atoms with van der Waals surface area (Å²) in [6.45, 7) is 2.04. The summed E-state index contributed by atoms with van der Waals surface area (Å²) >= 11 is 12.2. The molecule has 1 unspecified atom stereocenters. The van der Waals surface area contributed by atoms with Crippen LogP contribution in [0, 0.1) is 0 Å². The van der Waals surface area contributed by atoms with E-state index in [9.17, 15) is 0 Å². The maximum atomic E-state index is 6.40. The van der Waals surface area contributed by atoms with Gasteiger partial charge < -0.3 is 5.73 Å². The van der Waals surface area contributed by atoms with Crippen LogP contribution in [0.5, 0.6) is 0 Å². The van der Waals surface area contributed by atoms with Gasteiger partial charge in [-0.2, -0.15) is 0 Å². The van der Waals surface area contributed by atoms with E-state index < -0.39 is 0 Å². The van der Waals surface area contributed by atoms with Gasteiger partial charge >= 0.3 is 0 Å². The van der Waals surface area contributed by atoms with Gasteiger partial charge in [-0.3, -0.25) is 0 Å². The molecule has 2 aromatic carbocycles. The van der Waals surface area contributed by atoms with Crippen LogP contribution in [0.4, 0.5) is 0 Å². The van der Waals surface area contributed by atoms with Crippen molar-refractivity contribution in [1.29, 1.82) is 0 Å². The Morgan fingerprint density at radius 2 is 1.68 bits per heavy atom. The van der Waals surface area contributed by atoms with Crippen molar-refractivity contribution in [3.8, 4) is 0 Å². The average molecular weight is 294 g/mol. The van der Waals surface area contributed by atoms with E-state index in [-0.39, 0.29) is 5.54 Å². The summed E-state index contributed by atoms with van der Waals surface area (Å²) in [5, 5.41) is 1.41. The van der Waals surface area contributed by atoms with E-state index in [1.807, 2.05) is 37.3 Å². The van der Waals surface area contributed by atoms with Crippen molar-refractivity contribution in [2.75, 3.05) is 0 Å². The van der Waals surface area contributed by atoms with Gasteiger partial charge in [0.15, 0.2) is 0 Å². The first-order valence-electron chi connectivity index (χ1n) is 6.23. The number of rotatable bonds is 4. The molecule has 1 atom stereocenters. The van der Waals surface area contributed by atoms with E-state index in [2.05, 4.69) is 12.1 Å². The third-order valence-corrected chi connectivity index (χ3v) is 3.66. The minimum Gasteiger partial charge on any atom is -0.325 e. The van der Waals surface area contributed by atoms with Crippen molar-refractivity contribution in [1.82, 2.24) is 0 Å². The zero-order valence-corrected chi connectivity index (χ0v) is 12.4. The molecule has 3 heteroatoms. The highest BCUT2D eigenvalue weighted by Gasteiger charge is 2.21. The predicted molar refractivity (Wildman–Crippen MR) is 82.9 cm³/mol. The molecule has 100 valence electrons. The van der Waals surface area contributed by atoms with Crippen LogP contribution in [0.1, 0.15) is 18.1 Å². The van der Waals surface area contributed by atoms with Gasteiger partial charge in [0.1, 0.15) is 0 Å². The van der Waals surface area contributed by atoms with E-state index in [0.717, 1.165) is 12.0 Å². The minimum atomic E-state index is -0.352. The maximum Gasteiger partial charge on any atom is 0.0439 e. The molecule has 0 aliphatic heterocycles. The zero-order chi connectivity index (χ0) is 13.9. The van der Waals surface area contributed by atoms with Crippen LogP contribution in [0.15, 0.2) is 48.5 Å². The topological polar surface area (TPSA) is 26.0 Å². The van der Waals surface area contributed by atoms with Gasteiger partial charge in [0, 0.05) is 15.6 Å². The second-order valence-corrected chi connectivity index (χ2v) is 6.07. The summed E-state index contributed by atoms with van der Waals surface area (Å²) in [7, 11) is 0. The first-order chi connectivity index (χ1) is 8.96. The van der Waals surface area contributed by atoms with E-state index in [4.69, 9.17) is 28.9 Å². The molecule has 0 bridgehead atoms. The molecule has 0 aromatic heterocycles. The monoisotopic (exact) mass is 293 g/mol. The summed E-state index contributed by atoms with van der Waals surface area (Å²) in [6, 6.07) is 15.7. The van der Waals surface area contributed by atoms with E-state index >= 15 is 0 Å². The fourth-order valence-electron chi connectivity index (χ4n) is 2.24. The molecule has 0 radical (unpaired) electrons. The second kappa shape index (κ2) is 5.96. The van der Waals surface area contributed by atoms with Crippen molar-refractivity contribution < 1.29 is 0 Å². The molecule has 0 fully saturated rings. The number of hydrogen-bond donors (Lipinski definition) is 1. The lowest BCUT2D eigenvalue weighted by Gasteiger charge is -2.25. The van der Waals surface area contributed by atoms with Crippen LogP contribution in [0.3, 0.4) is 0 Å². The number of hydrogen-bond acceptors (Lipinski definition) is 1. The minimum absolute atomic E-state index is 0.352. The summed E-state index contributed by atoms with van der Waals surface area (Å²) in [5.74, 6) is 0. The number of nitrogens with two attached hydrogens (primary N) is 1. The second-order valence-electron chi connectivity index (χ2n) is 5.23. The normalized spacial score (nSPS) is 14.1. The first kappa shape index (κ1) is 14.4. The highest BCUT2D eigenvalue weighted by molar-refractivity contribution is 6.33. The maximum absolute atomic E-state index is 6.40. The fraction of sp³-hybridized carbons (Fsp3) is 0.250. The molecule has 2 N–H and O–H groups in total. The Hall–Kier alpha value is -1.02. The summed E-state index contributed by atoms with van der Waals surface area (Å²) < 4.78 is 0. The summed E-state index contributed by atoms with van der Waals surface area (Å²) in [6.07, 6.45) is 1.50. The standard InChI is InChI=1S/C16H17Cl2N/c1-16(19,10-12-5-3-2-4-6-12)11-13-9-14(17)7-8-15(13)18/h2-9H,10-11,19H2,1H3.